The minimum atomic E-state index is 0.313. The second-order valence-corrected chi connectivity index (χ2v) is 4.54. The number of likely N-dealkylation sites (N-methyl/N-ethyl adjacent to an activating group) is 1. The lowest BCUT2D eigenvalue weighted by atomic mass is 10.2. The summed E-state index contributed by atoms with van der Waals surface area (Å²) in [6.45, 7) is 4.98. The van der Waals surface area contributed by atoms with Crippen LogP contribution in [-0.4, -0.2) is 62.7 Å². The lowest BCUT2D eigenvalue weighted by Crippen LogP contribution is -2.32. The van der Waals surface area contributed by atoms with Gasteiger partial charge in [-0.1, -0.05) is 6.42 Å². The van der Waals surface area contributed by atoms with Crippen molar-refractivity contribution in [2.45, 2.75) is 25.7 Å². The molecule has 2 rings (SSSR count). The highest BCUT2D eigenvalue weighted by Crippen LogP contribution is 2.08. The zero-order valence-corrected chi connectivity index (χ0v) is 10.6. The Morgan fingerprint density at radius 2 is 1.69 bits per heavy atom. The van der Waals surface area contributed by atoms with Gasteiger partial charge in [-0.05, 0) is 19.9 Å². The van der Waals surface area contributed by atoms with Crippen molar-refractivity contribution in [1.82, 2.24) is 9.80 Å². The minimum absolute atomic E-state index is 0.313. The molecule has 4 nitrogen and oxygen atoms in total. The largest absolute Gasteiger partial charge is 0.379 e. The van der Waals surface area contributed by atoms with Crippen LogP contribution in [-0.2, 0) is 9.53 Å². The van der Waals surface area contributed by atoms with Crippen LogP contribution in [0.2, 0.25) is 0 Å². The van der Waals surface area contributed by atoms with E-state index in [0.29, 0.717) is 5.91 Å². The van der Waals surface area contributed by atoms with Crippen molar-refractivity contribution < 1.29 is 9.53 Å². The molecule has 2 aliphatic heterocycles. The average molecular weight is 228 g/mol. The normalized spacial score (nSPS) is 23.4. The predicted molar refractivity (Wildman–Crippen MR) is 64.4 cm³/mol. The molecule has 2 saturated heterocycles. The fraction of sp³-hybridized carbons (Fsp3) is 0.917. The number of carbonyl (C=O) groups is 1. The van der Waals surface area contributed by atoms with Crippen LogP contribution < -0.4 is 0 Å². The lowest BCUT2D eigenvalue weighted by molar-refractivity contribution is -0.129. The Labute approximate surface area is 98.5 Å². The Morgan fingerprint density at radius 3 is 2.25 bits per heavy atom. The molecule has 2 heterocycles. The SMILES string of the molecule is CN1CCCCCC1=O.CN1CCOCC1. The van der Waals surface area contributed by atoms with Crippen molar-refractivity contribution in [1.29, 1.82) is 0 Å². The number of rotatable bonds is 0. The van der Waals surface area contributed by atoms with Gasteiger partial charge in [0.15, 0.2) is 0 Å². The second-order valence-electron chi connectivity index (χ2n) is 4.54. The molecule has 0 unspecified atom stereocenters. The number of carbonyl (C=O) groups excluding carboxylic acids is 1. The van der Waals surface area contributed by atoms with Crippen LogP contribution in [0.4, 0.5) is 0 Å². The maximum Gasteiger partial charge on any atom is 0.222 e. The monoisotopic (exact) mass is 228 g/mol. The number of likely N-dealkylation sites (tertiary alicyclic amines) is 1. The molecule has 0 radical (unpaired) electrons. The standard InChI is InChI=1S/C7H13NO.C5H11NO/c1-8-6-4-2-3-5-7(8)9;1-6-2-4-7-5-3-6/h2-6H2,1H3;2-5H2,1H3. The fourth-order valence-electron chi connectivity index (χ4n) is 1.77. The van der Waals surface area contributed by atoms with Crippen LogP contribution >= 0.6 is 0 Å². The lowest BCUT2D eigenvalue weighted by Gasteiger charge is -2.21. The van der Waals surface area contributed by atoms with E-state index in [1.807, 2.05) is 11.9 Å². The third-order valence-electron chi connectivity index (χ3n) is 3.04. The van der Waals surface area contributed by atoms with Gasteiger partial charge < -0.3 is 14.5 Å². The molecule has 2 fully saturated rings. The molecule has 0 aromatic rings. The molecular formula is C12H24N2O2. The van der Waals surface area contributed by atoms with Gasteiger partial charge in [0.05, 0.1) is 13.2 Å². The van der Waals surface area contributed by atoms with E-state index in [9.17, 15) is 4.79 Å². The number of amides is 1. The van der Waals surface area contributed by atoms with Crippen LogP contribution in [0.15, 0.2) is 0 Å². The van der Waals surface area contributed by atoms with E-state index in [0.717, 1.165) is 45.7 Å². The Balaban J connectivity index is 0.000000165. The Morgan fingerprint density at radius 1 is 1.00 bits per heavy atom. The first kappa shape index (κ1) is 13.5. The third kappa shape index (κ3) is 5.47. The van der Waals surface area contributed by atoms with Crippen molar-refractivity contribution in [3.05, 3.63) is 0 Å². The first-order valence-electron chi connectivity index (χ1n) is 6.20. The molecule has 4 heteroatoms. The van der Waals surface area contributed by atoms with Crippen molar-refractivity contribution >= 4 is 5.91 Å². The van der Waals surface area contributed by atoms with Gasteiger partial charge in [-0.15, -0.1) is 0 Å². The summed E-state index contributed by atoms with van der Waals surface area (Å²) in [6.07, 6.45) is 4.25. The van der Waals surface area contributed by atoms with E-state index in [4.69, 9.17) is 4.74 Å². The Hall–Kier alpha value is -0.610. The maximum atomic E-state index is 10.9. The number of ether oxygens (including phenoxy) is 1. The van der Waals surface area contributed by atoms with Crippen molar-refractivity contribution in [2.75, 3.05) is 46.9 Å². The van der Waals surface area contributed by atoms with Gasteiger partial charge in [0, 0.05) is 33.1 Å². The van der Waals surface area contributed by atoms with E-state index in [1.165, 1.54) is 12.8 Å². The maximum absolute atomic E-state index is 10.9. The Kier molecular flexibility index (Phi) is 6.42. The molecule has 1 amide bonds. The second kappa shape index (κ2) is 7.63. The van der Waals surface area contributed by atoms with Gasteiger partial charge >= 0.3 is 0 Å². The number of nitrogens with zero attached hydrogens (tertiary/aromatic N) is 2. The summed E-state index contributed by atoms with van der Waals surface area (Å²) in [5.41, 5.74) is 0. The highest BCUT2D eigenvalue weighted by atomic mass is 16.5. The topological polar surface area (TPSA) is 32.8 Å². The zero-order valence-electron chi connectivity index (χ0n) is 10.6. The first-order chi connectivity index (χ1) is 7.70. The molecule has 0 aromatic carbocycles. The van der Waals surface area contributed by atoms with Crippen LogP contribution in [0.3, 0.4) is 0 Å². The van der Waals surface area contributed by atoms with Crippen molar-refractivity contribution in [2.24, 2.45) is 0 Å². The summed E-state index contributed by atoms with van der Waals surface area (Å²) in [5.74, 6) is 0.313. The fourth-order valence-corrected chi connectivity index (χ4v) is 1.77. The van der Waals surface area contributed by atoms with Crippen molar-refractivity contribution in [3.8, 4) is 0 Å². The molecule has 0 atom stereocenters. The van der Waals surface area contributed by atoms with Crippen LogP contribution in [0.25, 0.3) is 0 Å². The van der Waals surface area contributed by atoms with Crippen molar-refractivity contribution in [3.63, 3.8) is 0 Å². The van der Waals surface area contributed by atoms with Gasteiger partial charge in [0.2, 0.25) is 5.91 Å². The number of hydrogen-bond donors (Lipinski definition) is 0. The molecule has 2 aliphatic rings. The van der Waals surface area contributed by atoms with Crippen LogP contribution in [0.1, 0.15) is 25.7 Å². The summed E-state index contributed by atoms with van der Waals surface area (Å²) in [6, 6.07) is 0. The molecule has 0 bridgehead atoms. The first-order valence-corrected chi connectivity index (χ1v) is 6.20. The number of morpholine rings is 1. The summed E-state index contributed by atoms with van der Waals surface area (Å²) in [4.78, 5) is 15.0. The zero-order chi connectivity index (χ0) is 11.8. The highest BCUT2D eigenvalue weighted by molar-refractivity contribution is 5.75. The number of hydrogen-bond acceptors (Lipinski definition) is 3. The van der Waals surface area contributed by atoms with Crippen LogP contribution in [0, 0.1) is 0 Å². The van der Waals surface area contributed by atoms with E-state index in [1.54, 1.807) is 0 Å². The Bertz CT molecular complexity index is 203. The quantitative estimate of drug-likeness (QED) is 0.619. The van der Waals surface area contributed by atoms with Gasteiger partial charge in [0.1, 0.15) is 0 Å². The molecule has 0 spiro atoms. The molecule has 94 valence electrons. The molecule has 0 aromatic heterocycles. The van der Waals surface area contributed by atoms with E-state index in [2.05, 4.69) is 11.9 Å². The summed E-state index contributed by atoms with van der Waals surface area (Å²) in [7, 11) is 4.00. The summed E-state index contributed by atoms with van der Waals surface area (Å²) in [5, 5.41) is 0. The summed E-state index contributed by atoms with van der Waals surface area (Å²) >= 11 is 0. The van der Waals surface area contributed by atoms with E-state index < -0.39 is 0 Å². The molecule has 16 heavy (non-hydrogen) atoms. The molecular weight excluding hydrogens is 204 g/mol. The van der Waals surface area contributed by atoms with Gasteiger partial charge in [-0.2, -0.15) is 0 Å². The molecule has 0 aliphatic carbocycles. The average Bonchev–Trinajstić information content (AvgIpc) is 2.47. The smallest absolute Gasteiger partial charge is 0.222 e. The molecule has 0 saturated carbocycles. The van der Waals surface area contributed by atoms with Gasteiger partial charge in [-0.3, -0.25) is 4.79 Å². The van der Waals surface area contributed by atoms with E-state index in [-0.39, 0.29) is 0 Å². The van der Waals surface area contributed by atoms with E-state index >= 15 is 0 Å². The highest BCUT2D eigenvalue weighted by Gasteiger charge is 2.10. The molecule has 0 N–H and O–H groups in total. The third-order valence-corrected chi connectivity index (χ3v) is 3.04. The van der Waals surface area contributed by atoms with Crippen LogP contribution in [0.5, 0.6) is 0 Å². The van der Waals surface area contributed by atoms with Gasteiger partial charge in [0.25, 0.3) is 0 Å². The minimum Gasteiger partial charge on any atom is -0.379 e. The van der Waals surface area contributed by atoms with Gasteiger partial charge in [-0.25, -0.2) is 0 Å². The predicted octanol–water partition coefficient (Wildman–Crippen LogP) is 0.967. The summed E-state index contributed by atoms with van der Waals surface area (Å²) < 4.78 is 5.10.